The second-order valence-corrected chi connectivity index (χ2v) is 18.9. The fourth-order valence-electron chi connectivity index (χ4n) is 9.11. The topological polar surface area (TPSA) is 302 Å². The van der Waals surface area contributed by atoms with Crippen LogP contribution in [0.4, 0.5) is 9.59 Å². The zero-order valence-corrected chi connectivity index (χ0v) is 38.3. The molecule has 22 heteroatoms. The average Bonchev–Trinajstić information content (AvgIpc) is 3.84. The number of unbranched alkanes of at least 4 members (excludes halogenated alkanes) is 2. The molecule has 3 saturated heterocycles. The van der Waals surface area contributed by atoms with Gasteiger partial charge in [0.25, 0.3) is 5.91 Å². The van der Waals surface area contributed by atoms with Crippen LogP contribution in [0.25, 0.3) is 0 Å². The number of carbonyl (C=O) groups excluding carboxylic acids is 6. The molecule has 4 aliphatic heterocycles. The number of esters is 1. The molecule has 65 heavy (non-hydrogen) atoms. The van der Waals surface area contributed by atoms with Gasteiger partial charge < -0.3 is 79.7 Å². The Morgan fingerprint density at radius 3 is 2.43 bits per heavy atom. The number of piperidine rings is 1. The van der Waals surface area contributed by atoms with E-state index in [0.717, 1.165) is 23.3 Å². The van der Waals surface area contributed by atoms with E-state index in [1.807, 2.05) is 13.0 Å². The van der Waals surface area contributed by atoms with Crippen LogP contribution in [0.15, 0.2) is 11.6 Å². The van der Waals surface area contributed by atoms with Crippen molar-refractivity contribution in [2.24, 2.45) is 5.92 Å². The highest BCUT2D eigenvalue weighted by Gasteiger charge is 2.70. The lowest BCUT2D eigenvalue weighted by atomic mass is 9.66. The summed E-state index contributed by atoms with van der Waals surface area (Å²) in [6, 6.07) is -5.63. The molecule has 8 N–H and O–H groups in total. The summed E-state index contributed by atoms with van der Waals surface area (Å²) in [5, 5.41) is 62.7. The van der Waals surface area contributed by atoms with Gasteiger partial charge in [-0.15, -0.1) is 0 Å². The maximum absolute atomic E-state index is 15.1. The van der Waals surface area contributed by atoms with Gasteiger partial charge in [-0.2, -0.15) is 0 Å². The Balaban J connectivity index is 1.42. The zero-order valence-electron chi connectivity index (χ0n) is 38.3. The van der Waals surface area contributed by atoms with Crippen molar-refractivity contribution in [1.29, 1.82) is 0 Å². The third-order valence-electron chi connectivity index (χ3n) is 12.3. The summed E-state index contributed by atoms with van der Waals surface area (Å²) in [7, 11) is 1.21. The minimum atomic E-state index is -1.91. The van der Waals surface area contributed by atoms with Gasteiger partial charge in [-0.25, -0.2) is 9.59 Å². The van der Waals surface area contributed by atoms with Crippen molar-refractivity contribution >= 4 is 35.9 Å². The van der Waals surface area contributed by atoms with Gasteiger partial charge in [0.15, 0.2) is 18.0 Å². The number of nitrogens with zero attached hydrogens (tertiary/aromatic N) is 2. The molecule has 22 nitrogen and oxygen atoms in total. The number of hydrogen-bond donors (Lipinski definition) is 8. The number of fused-ring (bicyclic) bond motifs is 1. The highest BCUT2D eigenvalue weighted by molar-refractivity contribution is 5.95. The van der Waals surface area contributed by atoms with Crippen LogP contribution < -0.4 is 16.0 Å². The minimum absolute atomic E-state index is 0.0356. The van der Waals surface area contributed by atoms with Gasteiger partial charge in [0, 0.05) is 39.6 Å². The van der Waals surface area contributed by atoms with Crippen LogP contribution >= 0.6 is 0 Å². The molecule has 368 valence electrons. The van der Waals surface area contributed by atoms with E-state index in [1.165, 1.54) is 12.0 Å². The largest absolute Gasteiger partial charge is 0.463 e. The van der Waals surface area contributed by atoms with Crippen molar-refractivity contribution < 1.29 is 82.7 Å². The first-order valence-electron chi connectivity index (χ1n) is 22.5. The van der Waals surface area contributed by atoms with Crippen molar-refractivity contribution in [2.45, 2.75) is 177 Å². The molecule has 0 aromatic rings. The summed E-state index contributed by atoms with van der Waals surface area (Å²) in [5.74, 6) is -3.13. The first-order chi connectivity index (χ1) is 30.6. The molecule has 1 spiro atoms. The quantitative estimate of drug-likeness (QED) is 0.0337. The highest BCUT2D eigenvalue weighted by atomic mass is 16.7. The molecule has 1 saturated carbocycles. The lowest BCUT2D eigenvalue weighted by Crippen LogP contribution is -2.80. The Morgan fingerprint density at radius 1 is 1.06 bits per heavy atom. The van der Waals surface area contributed by atoms with Gasteiger partial charge in [0.2, 0.25) is 11.8 Å². The number of alkyl carbamates (subject to hydrolysis) is 1. The second kappa shape index (κ2) is 22.1. The summed E-state index contributed by atoms with van der Waals surface area (Å²) >= 11 is 0. The molecule has 5 amide bonds. The number of likely N-dealkylation sites (tertiary alicyclic amines) is 1. The first-order valence-corrected chi connectivity index (χ1v) is 22.5. The molecule has 5 aliphatic rings. The Bertz CT molecular complexity index is 1740. The molecule has 5 rings (SSSR count). The van der Waals surface area contributed by atoms with Gasteiger partial charge in [-0.1, -0.05) is 45.3 Å². The molecule has 4 fully saturated rings. The van der Waals surface area contributed by atoms with Gasteiger partial charge in [0.1, 0.15) is 60.9 Å². The number of hydrogen-bond acceptors (Lipinski definition) is 17. The normalized spacial score (nSPS) is 31.8. The number of methoxy groups -OCH3 is 1. The maximum atomic E-state index is 15.1. The summed E-state index contributed by atoms with van der Waals surface area (Å²) < 4.78 is 33.8. The molecule has 0 unspecified atom stereocenters. The molecule has 0 aromatic carbocycles. The minimum Gasteiger partial charge on any atom is -0.463 e. The van der Waals surface area contributed by atoms with E-state index < -0.39 is 133 Å². The lowest BCUT2D eigenvalue weighted by Gasteiger charge is -2.58. The smallest absolute Gasteiger partial charge is 0.410 e. The van der Waals surface area contributed by atoms with Gasteiger partial charge in [-0.3, -0.25) is 19.2 Å². The number of aliphatic hydroxyl groups is 5. The van der Waals surface area contributed by atoms with E-state index >= 15 is 4.79 Å². The fourth-order valence-corrected chi connectivity index (χ4v) is 9.11. The van der Waals surface area contributed by atoms with E-state index in [4.69, 9.17) is 28.4 Å². The molecule has 4 heterocycles. The molecule has 0 radical (unpaired) electrons. The number of amides is 5. The third kappa shape index (κ3) is 12.2. The molecular formula is C43H69N5O17. The van der Waals surface area contributed by atoms with Crippen molar-refractivity contribution in [3.8, 4) is 0 Å². The number of nitrogens with one attached hydrogen (secondary N) is 3. The maximum Gasteiger partial charge on any atom is 0.410 e. The van der Waals surface area contributed by atoms with Crippen LogP contribution in [0.5, 0.6) is 0 Å². The molecular weight excluding hydrogens is 858 g/mol. The van der Waals surface area contributed by atoms with Crippen LogP contribution in [0.1, 0.15) is 92.9 Å². The summed E-state index contributed by atoms with van der Waals surface area (Å²) in [4.78, 5) is 83.9. The summed E-state index contributed by atoms with van der Waals surface area (Å²) in [6.07, 6.45) is -9.88. The first kappa shape index (κ1) is 51.8. The Morgan fingerprint density at radius 2 is 1.78 bits per heavy atom. The summed E-state index contributed by atoms with van der Waals surface area (Å²) in [6.45, 7) is 10.3. The van der Waals surface area contributed by atoms with Crippen LogP contribution in [0.2, 0.25) is 0 Å². The highest BCUT2D eigenvalue weighted by Crippen LogP contribution is 2.48. The average molecular weight is 928 g/mol. The van der Waals surface area contributed by atoms with E-state index in [2.05, 4.69) is 16.0 Å². The SMILES string of the molecule is CCCCCC(=O)OC[C@H]1O[C@H](O[C@@H]2C[C@@H]3[C@H](O)[C@@]4(C2)OC(=O)N[C@H]4[C@H](C(=O)NCCC2=CCN(C(=O)OC(C)(C)C)C2)N3C(=O)[C@@H](CC(C)C)NC(=O)[C@@H](CO)OC)[C@H](O)[C@@H](O)[C@@H]1O. The van der Waals surface area contributed by atoms with Crippen molar-refractivity contribution in [1.82, 2.24) is 25.8 Å². The molecule has 13 atom stereocenters. The zero-order chi connectivity index (χ0) is 48.0. The number of rotatable bonds is 19. The van der Waals surface area contributed by atoms with Crippen LogP contribution in [-0.2, 0) is 47.6 Å². The van der Waals surface area contributed by atoms with Gasteiger partial charge >= 0.3 is 18.2 Å². The van der Waals surface area contributed by atoms with Gasteiger partial charge in [0.05, 0.1) is 18.8 Å². The monoisotopic (exact) mass is 927 g/mol. The van der Waals surface area contributed by atoms with E-state index in [0.29, 0.717) is 19.4 Å². The fraction of sp³-hybridized carbons (Fsp3) is 0.814. The number of carbonyl (C=O) groups is 6. The van der Waals surface area contributed by atoms with Gasteiger partial charge in [-0.05, 0) is 52.4 Å². The van der Waals surface area contributed by atoms with Crippen molar-refractivity contribution in [2.75, 3.05) is 40.0 Å². The van der Waals surface area contributed by atoms with Crippen LogP contribution in [0, 0.1) is 5.92 Å². The van der Waals surface area contributed by atoms with Crippen LogP contribution in [0.3, 0.4) is 0 Å². The third-order valence-corrected chi connectivity index (χ3v) is 12.3. The molecule has 2 bridgehead atoms. The number of ether oxygens (including phenoxy) is 6. The molecule has 1 aliphatic carbocycles. The second-order valence-electron chi connectivity index (χ2n) is 18.9. The lowest BCUT2D eigenvalue weighted by molar-refractivity contribution is -0.322. The van der Waals surface area contributed by atoms with Crippen molar-refractivity contribution in [3.63, 3.8) is 0 Å². The molecule has 0 aromatic heterocycles. The Kier molecular flexibility index (Phi) is 17.6. The Labute approximate surface area is 378 Å². The number of aliphatic hydroxyl groups excluding tert-OH is 5. The predicted molar refractivity (Wildman–Crippen MR) is 225 cm³/mol. The van der Waals surface area contributed by atoms with Crippen molar-refractivity contribution in [3.05, 3.63) is 11.6 Å². The predicted octanol–water partition coefficient (Wildman–Crippen LogP) is -0.894. The van der Waals surface area contributed by atoms with E-state index in [-0.39, 0.29) is 44.7 Å². The Hall–Kier alpha value is -4.16. The van der Waals surface area contributed by atoms with Crippen LogP contribution in [-0.4, -0.2) is 196 Å². The standard InChI is InChI=1S/C43H69N5O17/c1-8-9-10-11-29(50)61-21-28-31(51)32(52)33(53)39(63-28)62-24-17-26-35(54)43(18-24)34(46-40(58)64-43)30(48(26)38(57)25(16-22(2)3)45-36(55)27(20-49)60-7)37(56)44-14-12-23-13-15-47(19-23)41(59)65-42(4,5)6/h13,22,24-28,30-35,39,49,51-54H,8-12,14-21H2,1-7H3,(H,44,56)(H,45,55)(H,46,58)/t24-,25-,26-,27-,28-,30-,31-,32+,33-,34+,35+,39+,43+/m1/s1. The van der Waals surface area contributed by atoms with E-state index in [9.17, 15) is 49.5 Å². The summed E-state index contributed by atoms with van der Waals surface area (Å²) in [5.41, 5.74) is -1.77. The van der Waals surface area contributed by atoms with E-state index in [1.54, 1.807) is 34.6 Å².